The minimum absolute atomic E-state index is 0.0543. The smallest absolute Gasteiger partial charge is 0.307 e. The van der Waals surface area contributed by atoms with Crippen LogP contribution < -0.4 is 0 Å². The van der Waals surface area contributed by atoms with Crippen LogP contribution in [0.5, 0.6) is 0 Å². The van der Waals surface area contributed by atoms with Crippen LogP contribution in [0.2, 0.25) is 0 Å². The SMILES string of the molecule is O=C(O)C1CC=CCC1C(=O)N1CCCCCCC1. The number of hydrogen-bond acceptors (Lipinski definition) is 2. The minimum Gasteiger partial charge on any atom is -0.481 e. The molecule has 106 valence electrons. The highest BCUT2D eigenvalue weighted by molar-refractivity contribution is 5.85. The Bertz CT molecular complexity index is 356. The quantitative estimate of drug-likeness (QED) is 0.780. The third kappa shape index (κ3) is 3.58. The van der Waals surface area contributed by atoms with Crippen LogP contribution in [0.25, 0.3) is 0 Å². The van der Waals surface area contributed by atoms with Crippen LogP contribution in [-0.4, -0.2) is 35.0 Å². The summed E-state index contributed by atoms with van der Waals surface area (Å²) in [7, 11) is 0. The molecule has 0 saturated carbocycles. The van der Waals surface area contributed by atoms with E-state index >= 15 is 0 Å². The van der Waals surface area contributed by atoms with Gasteiger partial charge in [0.25, 0.3) is 0 Å². The predicted molar refractivity (Wildman–Crippen MR) is 72.7 cm³/mol. The molecule has 1 aliphatic heterocycles. The molecule has 0 bridgehead atoms. The number of hydrogen-bond donors (Lipinski definition) is 1. The van der Waals surface area contributed by atoms with Crippen LogP contribution in [0.4, 0.5) is 0 Å². The van der Waals surface area contributed by atoms with Crippen LogP contribution in [0.3, 0.4) is 0 Å². The number of likely N-dealkylation sites (tertiary alicyclic amines) is 1. The van der Waals surface area contributed by atoms with Gasteiger partial charge in [0.15, 0.2) is 0 Å². The maximum Gasteiger partial charge on any atom is 0.307 e. The lowest BCUT2D eigenvalue weighted by Gasteiger charge is -2.32. The summed E-state index contributed by atoms with van der Waals surface area (Å²) in [5, 5.41) is 9.25. The number of carbonyl (C=O) groups excluding carboxylic acids is 1. The topological polar surface area (TPSA) is 57.6 Å². The fraction of sp³-hybridized carbons (Fsp3) is 0.733. The third-order valence-electron chi connectivity index (χ3n) is 4.23. The molecule has 2 unspecified atom stereocenters. The maximum atomic E-state index is 12.6. The molecule has 1 N–H and O–H groups in total. The summed E-state index contributed by atoms with van der Waals surface area (Å²) < 4.78 is 0. The summed E-state index contributed by atoms with van der Waals surface area (Å²) in [6.45, 7) is 1.59. The molecule has 0 radical (unpaired) electrons. The number of aliphatic carboxylic acids is 1. The van der Waals surface area contributed by atoms with Crippen molar-refractivity contribution >= 4 is 11.9 Å². The largest absolute Gasteiger partial charge is 0.481 e. The number of rotatable bonds is 2. The van der Waals surface area contributed by atoms with E-state index in [1.165, 1.54) is 19.3 Å². The van der Waals surface area contributed by atoms with Gasteiger partial charge in [-0.05, 0) is 25.7 Å². The van der Waals surface area contributed by atoms with Gasteiger partial charge in [0.05, 0.1) is 11.8 Å². The van der Waals surface area contributed by atoms with Gasteiger partial charge in [-0.25, -0.2) is 0 Å². The highest BCUT2D eigenvalue weighted by Gasteiger charge is 2.36. The lowest BCUT2D eigenvalue weighted by atomic mass is 9.82. The fourth-order valence-corrected chi connectivity index (χ4v) is 3.06. The van der Waals surface area contributed by atoms with E-state index in [0.29, 0.717) is 12.8 Å². The molecule has 2 aliphatic rings. The first kappa shape index (κ1) is 14.1. The van der Waals surface area contributed by atoms with Crippen LogP contribution in [0, 0.1) is 11.8 Å². The van der Waals surface area contributed by atoms with E-state index in [-0.39, 0.29) is 11.8 Å². The number of amides is 1. The number of carbonyl (C=O) groups is 2. The number of nitrogens with zero attached hydrogens (tertiary/aromatic N) is 1. The average molecular weight is 265 g/mol. The van der Waals surface area contributed by atoms with Gasteiger partial charge in [0.2, 0.25) is 5.91 Å². The summed E-state index contributed by atoms with van der Waals surface area (Å²) in [5.41, 5.74) is 0. The zero-order chi connectivity index (χ0) is 13.7. The van der Waals surface area contributed by atoms with Gasteiger partial charge >= 0.3 is 5.97 Å². The molecule has 1 amide bonds. The molecule has 2 atom stereocenters. The summed E-state index contributed by atoms with van der Waals surface area (Å²) in [6, 6.07) is 0. The van der Waals surface area contributed by atoms with Crippen LogP contribution in [0.1, 0.15) is 44.9 Å². The van der Waals surface area contributed by atoms with Gasteiger partial charge in [-0.2, -0.15) is 0 Å². The molecular weight excluding hydrogens is 242 g/mol. The van der Waals surface area contributed by atoms with E-state index in [0.717, 1.165) is 25.9 Å². The summed E-state index contributed by atoms with van der Waals surface area (Å²) in [4.78, 5) is 25.7. The minimum atomic E-state index is -0.838. The normalized spacial score (nSPS) is 28.5. The van der Waals surface area contributed by atoms with Crippen molar-refractivity contribution in [2.24, 2.45) is 11.8 Å². The molecule has 1 aliphatic carbocycles. The van der Waals surface area contributed by atoms with Gasteiger partial charge in [0.1, 0.15) is 0 Å². The predicted octanol–water partition coefficient (Wildman–Crippen LogP) is 2.45. The first-order valence-corrected chi connectivity index (χ1v) is 7.36. The zero-order valence-electron chi connectivity index (χ0n) is 11.4. The molecule has 0 aromatic heterocycles. The Hall–Kier alpha value is -1.32. The van der Waals surface area contributed by atoms with Crippen molar-refractivity contribution in [1.29, 1.82) is 0 Å². The zero-order valence-corrected chi connectivity index (χ0v) is 11.4. The van der Waals surface area contributed by atoms with Crippen LogP contribution in [0.15, 0.2) is 12.2 Å². The second-order valence-electron chi connectivity index (χ2n) is 5.59. The van der Waals surface area contributed by atoms with E-state index in [1.807, 2.05) is 17.1 Å². The molecule has 2 rings (SSSR count). The van der Waals surface area contributed by atoms with Crippen molar-refractivity contribution in [3.05, 3.63) is 12.2 Å². The molecule has 19 heavy (non-hydrogen) atoms. The Balaban J connectivity index is 2.03. The fourth-order valence-electron chi connectivity index (χ4n) is 3.06. The summed E-state index contributed by atoms with van der Waals surface area (Å²) >= 11 is 0. The Kier molecular flexibility index (Phi) is 5.00. The first-order chi connectivity index (χ1) is 9.20. The van der Waals surface area contributed by atoms with Crippen molar-refractivity contribution in [1.82, 2.24) is 4.90 Å². The van der Waals surface area contributed by atoms with Gasteiger partial charge in [-0.3, -0.25) is 9.59 Å². The van der Waals surface area contributed by atoms with Crippen molar-refractivity contribution in [2.75, 3.05) is 13.1 Å². The number of carboxylic acid groups (broad SMARTS) is 1. The molecule has 1 saturated heterocycles. The monoisotopic (exact) mass is 265 g/mol. The van der Waals surface area contributed by atoms with Gasteiger partial charge in [0, 0.05) is 13.1 Å². The van der Waals surface area contributed by atoms with E-state index in [2.05, 4.69) is 0 Å². The van der Waals surface area contributed by atoms with Crippen molar-refractivity contribution in [3.63, 3.8) is 0 Å². The standard InChI is InChI=1S/C15H23NO3/c17-14(16-10-6-2-1-3-7-11-16)12-8-4-5-9-13(12)15(18)19/h4-5,12-13H,1-3,6-11H2,(H,18,19). The van der Waals surface area contributed by atoms with Crippen LogP contribution in [-0.2, 0) is 9.59 Å². The molecule has 0 aromatic rings. The lowest BCUT2D eigenvalue weighted by molar-refractivity contribution is -0.150. The first-order valence-electron chi connectivity index (χ1n) is 7.36. The molecule has 0 aromatic carbocycles. The molecule has 4 heteroatoms. The number of carboxylic acids is 1. The highest BCUT2D eigenvalue weighted by Crippen LogP contribution is 2.28. The Labute approximate surface area is 114 Å². The van der Waals surface area contributed by atoms with E-state index < -0.39 is 11.9 Å². The molecule has 4 nitrogen and oxygen atoms in total. The van der Waals surface area contributed by atoms with E-state index in [1.54, 1.807) is 0 Å². The maximum absolute atomic E-state index is 12.6. The summed E-state index contributed by atoms with van der Waals surface area (Å²) in [6.07, 6.45) is 10.6. The lowest BCUT2D eigenvalue weighted by Crippen LogP contribution is -2.43. The molecule has 0 spiro atoms. The highest BCUT2D eigenvalue weighted by atomic mass is 16.4. The average Bonchev–Trinajstić information content (AvgIpc) is 2.37. The van der Waals surface area contributed by atoms with Crippen molar-refractivity contribution < 1.29 is 14.7 Å². The van der Waals surface area contributed by atoms with Gasteiger partial charge < -0.3 is 10.0 Å². The second kappa shape index (κ2) is 6.73. The van der Waals surface area contributed by atoms with E-state index in [4.69, 9.17) is 0 Å². The second-order valence-corrected chi connectivity index (χ2v) is 5.59. The van der Waals surface area contributed by atoms with E-state index in [9.17, 15) is 14.7 Å². The van der Waals surface area contributed by atoms with Crippen molar-refractivity contribution in [2.45, 2.75) is 44.9 Å². The molecular formula is C15H23NO3. The third-order valence-corrected chi connectivity index (χ3v) is 4.23. The Morgan fingerprint density at radius 1 is 0.895 bits per heavy atom. The Morgan fingerprint density at radius 3 is 2.00 bits per heavy atom. The molecule has 1 heterocycles. The Morgan fingerprint density at radius 2 is 1.42 bits per heavy atom. The van der Waals surface area contributed by atoms with Crippen molar-refractivity contribution in [3.8, 4) is 0 Å². The van der Waals surface area contributed by atoms with Gasteiger partial charge in [-0.15, -0.1) is 0 Å². The molecule has 1 fully saturated rings. The number of allylic oxidation sites excluding steroid dienone is 2. The van der Waals surface area contributed by atoms with Crippen LogP contribution >= 0.6 is 0 Å². The summed E-state index contributed by atoms with van der Waals surface area (Å²) in [5.74, 6) is -1.68. The van der Waals surface area contributed by atoms with Gasteiger partial charge in [-0.1, -0.05) is 31.4 Å².